The Labute approximate surface area is 265 Å². The van der Waals surface area contributed by atoms with Crippen LogP contribution in [0.2, 0.25) is 15.1 Å². The highest BCUT2D eigenvalue weighted by Crippen LogP contribution is 2.45. The number of nitrogens with one attached hydrogen (secondary N) is 2. The Hall–Kier alpha value is -3.81. The third-order valence-corrected chi connectivity index (χ3v) is 9.16. The van der Waals surface area contributed by atoms with Gasteiger partial charge in [0.05, 0.1) is 21.4 Å². The molecule has 7 rings (SSSR count). The van der Waals surface area contributed by atoms with Gasteiger partial charge in [-0.25, -0.2) is 9.78 Å². The van der Waals surface area contributed by atoms with Gasteiger partial charge in [0.25, 0.3) is 0 Å². The fourth-order valence-electron chi connectivity index (χ4n) is 6.24. The Morgan fingerprint density at radius 3 is 2.47 bits per heavy atom. The van der Waals surface area contributed by atoms with E-state index in [2.05, 4.69) is 58.0 Å². The summed E-state index contributed by atoms with van der Waals surface area (Å²) in [5, 5.41) is 10.3. The monoisotopic (exact) mass is 627 g/mol. The average Bonchev–Trinajstić information content (AvgIpc) is 3.02. The Morgan fingerprint density at radius 1 is 0.860 bits per heavy atom. The van der Waals surface area contributed by atoms with E-state index in [-0.39, 0.29) is 12.1 Å². The zero-order valence-corrected chi connectivity index (χ0v) is 25.4. The van der Waals surface area contributed by atoms with Crippen molar-refractivity contribution in [2.45, 2.75) is 19.0 Å². The Morgan fingerprint density at radius 2 is 1.63 bits per heavy atom. The summed E-state index contributed by atoms with van der Waals surface area (Å²) in [5.74, 6) is 0.984. The summed E-state index contributed by atoms with van der Waals surface area (Å²) in [6.45, 7) is 2.85. The molecule has 4 aromatic carbocycles. The van der Waals surface area contributed by atoms with E-state index in [0.717, 1.165) is 64.2 Å². The van der Waals surface area contributed by atoms with Crippen LogP contribution in [-0.2, 0) is 13.0 Å². The molecule has 2 amide bonds. The molecule has 216 valence electrons. The number of urea groups is 1. The Balaban J connectivity index is 1.37. The van der Waals surface area contributed by atoms with Gasteiger partial charge in [0.2, 0.25) is 0 Å². The summed E-state index contributed by atoms with van der Waals surface area (Å²) >= 11 is 20.1. The maximum Gasteiger partial charge on any atom is 0.326 e. The van der Waals surface area contributed by atoms with Crippen LogP contribution in [0.3, 0.4) is 0 Å². The summed E-state index contributed by atoms with van der Waals surface area (Å²) in [6.07, 6.45) is 2.60. The fourth-order valence-corrected chi connectivity index (χ4v) is 7.05. The van der Waals surface area contributed by atoms with Crippen molar-refractivity contribution in [2.75, 3.05) is 29.4 Å². The van der Waals surface area contributed by atoms with Gasteiger partial charge in [-0.1, -0.05) is 89.4 Å². The first-order chi connectivity index (χ1) is 21.0. The summed E-state index contributed by atoms with van der Waals surface area (Å²) in [6, 6.07) is 27.6. The van der Waals surface area contributed by atoms with Crippen molar-refractivity contribution in [1.29, 1.82) is 0 Å². The number of anilines is 3. The minimum Gasteiger partial charge on any atom is -0.350 e. The fraction of sp³-hybridized carbons (Fsp3) is 0.176. The molecule has 1 unspecified atom stereocenters. The molecule has 0 spiro atoms. The van der Waals surface area contributed by atoms with Crippen LogP contribution in [0.1, 0.15) is 11.1 Å². The number of aromatic nitrogens is 1. The maximum absolute atomic E-state index is 13.5. The van der Waals surface area contributed by atoms with Crippen LogP contribution < -0.4 is 20.4 Å². The van der Waals surface area contributed by atoms with Gasteiger partial charge in [-0.05, 0) is 53.3 Å². The second-order valence-electron chi connectivity index (χ2n) is 10.8. The molecule has 0 aliphatic carbocycles. The van der Waals surface area contributed by atoms with Gasteiger partial charge in [-0.3, -0.25) is 4.90 Å². The van der Waals surface area contributed by atoms with Crippen LogP contribution in [0.25, 0.3) is 21.9 Å². The highest BCUT2D eigenvalue weighted by Gasteiger charge is 2.32. The molecule has 6 nitrogen and oxygen atoms in total. The van der Waals surface area contributed by atoms with Crippen LogP contribution in [-0.4, -0.2) is 36.7 Å². The number of amides is 2. The zero-order valence-electron chi connectivity index (χ0n) is 23.2. The predicted octanol–water partition coefficient (Wildman–Crippen LogP) is 8.24. The second-order valence-corrected chi connectivity index (χ2v) is 12.0. The minimum absolute atomic E-state index is 0.124. The van der Waals surface area contributed by atoms with Crippen molar-refractivity contribution in [3.63, 3.8) is 0 Å². The SMILES string of the molecule is O=C1NCc2c(-c3ccccc3Cl)cc(CC3CNCCN3c3nccc4ccccc34)cc2N1c1c(Cl)cccc1Cl. The van der Waals surface area contributed by atoms with Crippen molar-refractivity contribution in [3.05, 3.63) is 117 Å². The first-order valence-corrected chi connectivity index (χ1v) is 15.4. The largest absolute Gasteiger partial charge is 0.350 e. The van der Waals surface area contributed by atoms with Crippen molar-refractivity contribution in [2.24, 2.45) is 0 Å². The van der Waals surface area contributed by atoms with E-state index in [1.54, 1.807) is 23.1 Å². The van der Waals surface area contributed by atoms with Gasteiger partial charge in [0, 0.05) is 60.0 Å². The molecule has 3 heterocycles. The lowest BCUT2D eigenvalue weighted by Crippen LogP contribution is -2.52. The number of hydrogen-bond donors (Lipinski definition) is 2. The molecule has 2 N–H and O–H groups in total. The smallest absolute Gasteiger partial charge is 0.326 e. The van der Waals surface area contributed by atoms with Crippen molar-refractivity contribution < 1.29 is 4.79 Å². The molecule has 0 saturated carbocycles. The molecule has 1 atom stereocenters. The minimum atomic E-state index is -0.286. The maximum atomic E-state index is 13.5. The molecule has 2 aliphatic rings. The number of hydrogen-bond acceptors (Lipinski definition) is 4. The highest BCUT2D eigenvalue weighted by molar-refractivity contribution is 6.40. The quantitative estimate of drug-likeness (QED) is 0.206. The number of pyridine rings is 1. The van der Waals surface area contributed by atoms with Crippen molar-refractivity contribution in [3.8, 4) is 11.1 Å². The summed E-state index contributed by atoms with van der Waals surface area (Å²) in [5.41, 5.74) is 5.07. The van der Waals surface area contributed by atoms with Crippen LogP contribution >= 0.6 is 34.8 Å². The topological polar surface area (TPSA) is 60.5 Å². The van der Waals surface area contributed by atoms with Crippen LogP contribution in [0.4, 0.5) is 22.0 Å². The predicted molar refractivity (Wildman–Crippen MR) is 177 cm³/mol. The standard InChI is InChI=1S/C34H28Cl3N5O/c35-28-9-4-3-8-25(28)26-17-21(18-31-27(26)20-40-34(43)42(31)32-29(36)10-5-11-30(32)37)16-23-19-38-14-15-41(23)33-24-7-2-1-6-22(24)12-13-39-33/h1-13,17-18,23,38H,14-16,19-20H2,(H,40,43). The molecular weight excluding hydrogens is 601 g/mol. The molecule has 9 heteroatoms. The van der Waals surface area contributed by atoms with Gasteiger partial charge in [0.15, 0.2) is 0 Å². The van der Waals surface area contributed by atoms with E-state index in [1.807, 2.05) is 30.5 Å². The molecule has 1 fully saturated rings. The summed E-state index contributed by atoms with van der Waals surface area (Å²) in [7, 11) is 0. The lowest BCUT2D eigenvalue weighted by Gasteiger charge is -2.38. The summed E-state index contributed by atoms with van der Waals surface area (Å²) in [4.78, 5) is 22.3. The van der Waals surface area contributed by atoms with Crippen molar-refractivity contribution >= 4 is 68.8 Å². The normalized spacial score (nSPS) is 16.7. The van der Waals surface area contributed by atoms with Gasteiger partial charge < -0.3 is 15.5 Å². The number of nitrogens with zero attached hydrogens (tertiary/aromatic N) is 3. The van der Waals surface area contributed by atoms with Gasteiger partial charge in [0.1, 0.15) is 5.82 Å². The van der Waals surface area contributed by atoms with Crippen LogP contribution in [0.5, 0.6) is 0 Å². The van der Waals surface area contributed by atoms with Gasteiger partial charge in [-0.2, -0.15) is 0 Å². The van der Waals surface area contributed by atoms with Gasteiger partial charge >= 0.3 is 6.03 Å². The van der Waals surface area contributed by atoms with E-state index >= 15 is 0 Å². The number of halogens is 3. The Bertz CT molecular complexity index is 1840. The van der Waals surface area contributed by atoms with E-state index < -0.39 is 0 Å². The number of rotatable bonds is 5. The molecular formula is C34H28Cl3N5O. The number of carbonyl (C=O) groups excluding carboxylic acids is 1. The van der Waals surface area contributed by atoms with Crippen LogP contribution in [0.15, 0.2) is 91.1 Å². The van der Waals surface area contributed by atoms with E-state index in [4.69, 9.17) is 39.8 Å². The van der Waals surface area contributed by atoms with E-state index in [9.17, 15) is 4.79 Å². The van der Waals surface area contributed by atoms with Crippen LogP contribution in [0, 0.1) is 0 Å². The number of piperazine rings is 1. The average molecular weight is 629 g/mol. The lowest BCUT2D eigenvalue weighted by molar-refractivity contribution is 0.247. The first kappa shape index (κ1) is 28.0. The third-order valence-electron chi connectivity index (χ3n) is 8.22. The molecule has 0 radical (unpaired) electrons. The highest BCUT2D eigenvalue weighted by atomic mass is 35.5. The molecule has 2 aliphatic heterocycles. The number of carbonyl (C=O) groups is 1. The lowest BCUT2D eigenvalue weighted by atomic mass is 9.91. The van der Waals surface area contributed by atoms with E-state index in [1.165, 1.54) is 0 Å². The number of benzene rings is 4. The molecule has 0 bridgehead atoms. The third kappa shape index (κ3) is 5.19. The number of fused-ring (bicyclic) bond motifs is 2. The Kier molecular flexibility index (Phi) is 7.62. The zero-order chi connectivity index (χ0) is 29.5. The molecule has 1 aromatic heterocycles. The number of para-hydroxylation sites is 1. The molecule has 1 saturated heterocycles. The molecule has 5 aromatic rings. The summed E-state index contributed by atoms with van der Waals surface area (Å²) < 4.78 is 0. The van der Waals surface area contributed by atoms with Gasteiger partial charge in [-0.15, -0.1) is 0 Å². The van der Waals surface area contributed by atoms with Crippen molar-refractivity contribution in [1.82, 2.24) is 15.6 Å². The molecule has 43 heavy (non-hydrogen) atoms. The van der Waals surface area contributed by atoms with E-state index in [0.29, 0.717) is 33.7 Å². The first-order valence-electron chi connectivity index (χ1n) is 14.2. The second kappa shape index (κ2) is 11.7.